The average Bonchev–Trinajstić information content (AvgIpc) is 2.52. The van der Waals surface area contributed by atoms with E-state index in [4.69, 9.17) is 0 Å². The summed E-state index contributed by atoms with van der Waals surface area (Å²) in [7, 11) is 0. The van der Waals surface area contributed by atoms with Crippen molar-refractivity contribution in [3.05, 3.63) is 30.3 Å². The molecule has 112 valence electrons. The van der Waals surface area contributed by atoms with Crippen LogP contribution < -0.4 is 10.2 Å². The van der Waals surface area contributed by atoms with Gasteiger partial charge in [-0.2, -0.15) is 0 Å². The molecule has 20 heavy (non-hydrogen) atoms. The van der Waals surface area contributed by atoms with Crippen molar-refractivity contribution in [2.75, 3.05) is 31.1 Å². The van der Waals surface area contributed by atoms with Crippen molar-refractivity contribution in [2.24, 2.45) is 5.92 Å². The zero-order chi connectivity index (χ0) is 14.0. The van der Waals surface area contributed by atoms with Crippen LogP contribution in [0.15, 0.2) is 30.3 Å². The maximum atomic E-state index is 3.46. The standard InChI is InChI=1S/C18H30N2/c1-2-3-15-20(18-9-5-4-6-10-18)16-7-8-17-11-13-19-14-12-17/h4-6,9-10,17,19H,2-3,7-8,11-16H2,1H3. The zero-order valence-electron chi connectivity index (χ0n) is 13.0. The van der Waals surface area contributed by atoms with Crippen LogP contribution in [0.25, 0.3) is 0 Å². The van der Waals surface area contributed by atoms with Gasteiger partial charge in [0.2, 0.25) is 0 Å². The maximum Gasteiger partial charge on any atom is 0.0366 e. The van der Waals surface area contributed by atoms with Gasteiger partial charge in [0.1, 0.15) is 0 Å². The molecular weight excluding hydrogens is 244 g/mol. The normalized spacial score (nSPS) is 16.2. The lowest BCUT2D eigenvalue weighted by atomic mass is 9.93. The lowest BCUT2D eigenvalue weighted by Gasteiger charge is -2.27. The summed E-state index contributed by atoms with van der Waals surface area (Å²) in [6, 6.07) is 10.9. The third-order valence-electron chi connectivity index (χ3n) is 4.40. The SMILES string of the molecule is CCCCN(CCCC1CCNCC1)c1ccccc1. The van der Waals surface area contributed by atoms with Crippen molar-refractivity contribution in [1.29, 1.82) is 0 Å². The van der Waals surface area contributed by atoms with E-state index in [2.05, 4.69) is 47.5 Å². The number of hydrogen-bond donors (Lipinski definition) is 1. The van der Waals surface area contributed by atoms with Crippen molar-refractivity contribution in [3.63, 3.8) is 0 Å². The van der Waals surface area contributed by atoms with Gasteiger partial charge in [0.25, 0.3) is 0 Å². The van der Waals surface area contributed by atoms with Gasteiger partial charge >= 0.3 is 0 Å². The molecule has 0 radical (unpaired) electrons. The minimum Gasteiger partial charge on any atom is -0.372 e. The summed E-state index contributed by atoms with van der Waals surface area (Å²) in [6.07, 6.45) is 8.06. The molecule has 1 fully saturated rings. The van der Waals surface area contributed by atoms with E-state index in [1.54, 1.807) is 0 Å². The van der Waals surface area contributed by atoms with E-state index in [1.165, 1.54) is 70.4 Å². The van der Waals surface area contributed by atoms with E-state index in [0.717, 1.165) is 5.92 Å². The smallest absolute Gasteiger partial charge is 0.0366 e. The second kappa shape index (κ2) is 9.02. The summed E-state index contributed by atoms with van der Waals surface area (Å²) in [5.74, 6) is 0.958. The largest absolute Gasteiger partial charge is 0.372 e. The van der Waals surface area contributed by atoms with E-state index in [1.807, 2.05) is 0 Å². The second-order valence-electron chi connectivity index (χ2n) is 6.01. The molecule has 0 atom stereocenters. The minimum absolute atomic E-state index is 0.958. The molecule has 2 heteroatoms. The average molecular weight is 274 g/mol. The molecule has 1 aliphatic rings. The van der Waals surface area contributed by atoms with Gasteiger partial charge < -0.3 is 10.2 Å². The van der Waals surface area contributed by atoms with Crippen LogP contribution in [-0.4, -0.2) is 26.2 Å². The molecule has 0 aromatic heterocycles. The molecule has 2 nitrogen and oxygen atoms in total. The van der Waals surface area contributed by atoms with Crippen molar-refractivity contribution in [1.82, 2.24) is 5.32 Å². The fourth-order valence-electron chi connectivity index (χ4n) is 3.10. The second-order valence-corrected chi connectivity index (χ2v) is 6.01. The van der Waals surface area contributed by atoms with Gasteiger partial charge in [0.15, 0.2) is 0 Å². The van der Waals surface area contributed by atoms with Crippen molar-refractivity contribution in [2.45, 2.75) is 45.4 Å². The van der Waals surface area contributed by atoms with Crippen LogP contribution in [0, 0.1) is 5.92 Å². The summed E-state index contributed by atoms with van der Waals surface area (Å²) >= 11 is 0. The molecule has 1 aromatic rings. The van der Waals surface area contributed by atoms with Crippen molar-refractivity contribution >= 4 is 5.69 Å². The van der Waals surface area contributed by atoms with E-state index < -0.39 is 0 Å². The van der Waals surface area contributed by atoms with E-state index in [0.29, 0.717) is 0 Å². The van der Waals surface area contributed by atoms with Gasteiger partial charge in [-0.1, -0.05) is 31.5 Å². The van der Waals surface area contributed by atoms with E-state index in [-0.39, 0.29) is 0 Å². The number of rotatable bonds is 8. The van der Waals surface area contributed by atoms with Crippen molar-refractivity contribution in [3.8, 4) is 0 Å². The van der Waals surface area contributed by atoms with E-state index in [9.17, 15) is 0 Å². The number of unbranched alkanes of at least 4 members (excludes halogenated alkanes) is 1. The molecule has 0 saturated carbocycles. The highest BCUT2D eigenvalue weighted by Crippen LogP contribution is 2.20. The third-order valence-corrected chi connectivity index (χ3v) is 4.40. The Balaban J connectivity index is 1.78. The number of piperidine rings is 1. The number of para-hydroxylation sites is 1. The third kappa shape index (κ3) is 5.16. The van der Waals surface area contributed by atoms with Gasteiger partial charge in [-0.05, 0) is 63.2 Å². The van der Waals surface area contributed by atoms with Crippen LogP contribution in [0.1, 0.15) is 45.4 Å². The topological polar surface area (TPSA) is 15.3 Å². The molecule has 1 aliphatic heterocycles. The van der Waals surface area contributed by atoms with Gasteiger partial charge in [0, 0.05) is 18.8 Å². The first-order valence-electron chi connectivity index (χ1n) is 8.41. The first-order chi connectivity index (χ1) is 9.90. The molecule has 0 bridgehead atoms. The quantitative estimate of drug-likeness (QED) is 0.768. The number of hydrogen-bond acceptors (Lipinski definition) is 2. The first-order valence-corrected chi connectivity index (χ1v) is 8.41. The molecule has 0 spiro atoms. The molecule has 0 aliphatic carbocycles. The molecule has 1 N–H and O–H groups in total. The molecule has 1 aromatic carbocycles. The maximum absolute atomic E-state index is 3.46. The zero-order valence-corrected chi connectivity index (χ0v) is 13.0. The molecule has 1 heterocycles. The molecule has 0 amide bonds. The minimum atomic E-state index is 0.958. The Bertz CT molecular complexity index is 344. The summed E-state index contributed by atoms with van der Waals surface area (Å²) in [4.78, 5) is 2.57. The molecule has 1 saturated heterocycles. The summed E-state index contributed by atoms with van der Waals surface area (Å²) in [5, 5.41) is 3.46. The van der Waals surface area contributed by atoms with Gasteiger partial charge in [-0.3, -0.25) is 0 Å². The van der Waals surface area contributed by atoms with E-state index >= 15 is 0 Å². The number of nitrogens with zero attached hydrogens (tertiary/aromatic N) is 1. The Labute approximate surface area is 124 Å². The lowest BCUT2D eigenvalue weighted by Crippen LogP contribution is -2.29. The predicted molar refractivity (Wildman–Crippen MR) is 88.4 cm³/mol. The van der Waals surface area contributed by atoms with Gasteiger partial charge in [-0.25, -0.2) is 0 Å². The van der Waals surface area contributed by atoms with Gasteiger partial charge in [0.05, 0.1) is 0 Å². The Morgan fingerprint density at radius 3 is 2.45 bits per heavy atom. The summed E-state index contributed by atoms with van der Waals surface area (Å²) in [6.45, 7) is 7.14. The highest BCUT2D eigenvalue weighted by molar-refractivity contribution is 5.45. The summed E-state index contributed by atoms with van der Waals surface area (Å²) in [5.41, 5.74) is 1.39. The monoisotopic (exact) mass is 274 g/mol. The van der Waals surface area contributed by atoms with Crippen LogP contribution in [0.5, 0.6) is 0 Å². The van der Waals surface area contributed by atoms with Crippen molar-refractivity contribution < 1.29 is 0 Å². The first kappa shape index (κ1) is 15.4. The van der Waals surface area contributed by atoms with Crippen LogP contribution >= 0.6 is 0 Å². The van der Waals surface area contributed by atoms with Crippen LogP contribution in [0.2, 0.25) is 0 Å². The fourth-order valence-corrected chi connectivity index (χ4v) is 3.10. The number of nitrogens with one attached hydrogen (secondary N) is 1. The Morgan fingerprint density at radius 2 is 1.75 bits per heavy atom. The lowest BCUT2D eigenvalue weighted by molar-refractivity contribution is 0.347. The molecular formula is C18H30N2. The number of anilines is 1. The Hall–Kier alpha value is -1.02. The van der Waals surface area contributed by atoms with Crippen LogP contribution in [-0.2, 0) is 0 Å². The summed E-state index contributed by atoms with van der Waals surface area (Å²) < 4.78 is 0. The molecule has 0 unspecified atom stereocenters. The number of benzene rings is 1. The Morgan fingerprint density at radius 1 is 1.05 bits per heavy atom. The van der Waals surface area contributed by atoms with Crippen LogP contribution in [0.4, 0.5) is 5.69 Å². The Kier molecular flexibility index (Phi) is 6.93. The van der Waals surface area contributed by atoms with Crippen LogP contribution in [0.3, 0.4) is 0 Å². The predicted octanol–water partition coefficient (Wildman–Crippen LogP) is 4.07. The van der Waals surface area contributed by atoms with Gasteiger partial charge in [-0.15, -0.1) is 0 Å². The highest BCUT2D eigenvalue weighted by Gasteiger charge is 2.13. The highest BCUT2D eigenvalue weighted by atomic mass is 15.1. The molecule has 2 rings (SSSR count). The fraction of sp³-hybridized carbons (Fsp3) is 0.667.